The van der Waals surface area contributed by atoms with E-state index in [1.54, 1.807) is 18.2 Å². The smallest absolute Gasteiger partial charge is 0.210 e. The van der Waals surface area contributed by atoms with Crippen molar-refractivity contribution < 1.29 is 0 Å². The summed E-state index contributed by atoms with van der Waals surface area (Å²) in [5.74, 6) is 6.98. The lowest BCUT2D eigenvalue weighted by atomic mass is 10.2. The Balaban J connectivity index is 1.84. The van der Waals surface area contributed by atoms with Crippen LogP contribution in [0.15, 0.2) is 23.4 Å². The molecule has 1 aromatic carbocycles. The van der Waals surface area contributed by atoms with Gasteiger partial charge in [0, 0.05) is 27.9 Å². The molecule has 0 atom stereocenters. The number of halogens is 3. The van der Waals surface area contributed by atoms with E-state index in [1.165, 1.54) is 16.4 Å². The molecule has 3 rings (SSSR count). The van der Waals surface area contributed by atoms with Gasteiger partial charge in [-0.3, -0.25) is 0 Å². The molecule has 2 aromatic heterocycles. The molecule has 0 aliphatic rings. The van der Waals surface area contributed by atoms with Gasteiger partial charge in [-0.15, -0.1) is 15.3 Å². The molecule has 0 saturated heterocycles. The molecule has 0 aliphatic heterocycles. The summed E-state index contributed by atoms with van der Waals surface area (Å²) < 4.78 is 5.69. The third-order valence-corrected chi connectivity index (χ3v) is 5.17. The summed E-state index contributed by atoms with van der Waals surface area (Å²) in [6, 6.07) is 5.08. The second kappa shape index (κ2) is 6.59. The van der Waals surface area contributed by atoms with Crippen LogP contribution in [0.4, 0.5) is 0 Å². The van der Waals surface area contributed by atoms with Crippen LogP contribution in [-0.2, 0) is 5.75 Å². The van der Waals surface area contributed by atoms with Crippen molar-refractivity contribution in [3.05, 3.63) is 38.3 Å². The van der Waals surface area contributed by atoms with Crippen molar-refractivity contribution in [2.45, 2.75) is 10.9 Å². The highest BCUT2D eigenvalue weighted by atomic mass is 35.5. The first-order chi connectivity index (χ1) is 10.6. The summed E-state index contributed by atoms with van der Waals surface area (Å²) in [4.78, 5) is 0. The summed E-state index contributed by atoms with van der Waals surface area (Å²) in [5.41, 5.74) is 1.34. The number of nitrogen functional groups attached to an aromatic ring is 1. The van der Waals surface area contributed by atoms with Crippen LogP contribution in [0.25, 0.3) is 11.4 Å². The Morgan fingerprint density at radius 2 is 2.00 bits per heavy atom. The van der Waals surface area contributed by atoms with Crippen molar-refractivity contribution in [2.75, 3.05) is 5.84 Å². The highest BCUT2D eigenvalue weighted by Gasteiger charge is 2.16. The number of rotatable bonds is 4. The van der Waals surface area contributed by atoms with Gasteiger partial charge in [-0.2, -0.15) is 0 Å². The summed E-state index contributed by atoms with van der Waals surface area (Å²) in [5, 5.41) is 13.6. The third kappa shape index (κ3) is 3.16. The van der Waals surface area contributed by atoms with Crippen molar-refractivity contribution in [3.63, 3.8) is 0 Å². The molecular formula is C11H7Cl3N6S2. The topological polar surface area (TPSA) is 82.5 Å². The Kier molecular flexibility index (Phi) is 4.74. The maximum absolute atomic E-state index is 6.16. The molecular weight excluding hydrogens is 387 g/mol. The molecule has 0 bridgehead atoms. The van der Waals surface area contributed by atoms with E-state index in [0.29, 0.717) is 42.4 Å². The quantitative estimate of drug-likeness (QED) is 0.537. The Morgan fingerprint density at radius 1 is 1.18 bits per heavy atom. The van der Waals surface area contributed by atoms with E-state index >= 15 is 0 Å². The molecule has 6 nitrogen and oxygen atoms in total. The summed E-state index contributed by atoms with van der Waals surface area (Å²) in [6.45, 7) is 0. The van der Waals surface area contributed by atoms with Gasteiger partial charge in [0.1, 0.15) is 10.0 Å². The first kappa shape index (κ1) is 15.8. The van der Waals surface area contributed by atoms with Gasteiger partial charge in [-0.05, 0) is 18.2 Å². The van der Waals surface area contributed by atoms with Crippen LogP contribution in [-0.4, -0.2) is 24.5 Å². The summed E-state index contributed by atoms with van der Waals surface area (Å²) >= 11 is 20.5. The van der Waals surface area contributed by atoms with Crippen molar-refractivity contribution in [2.24, 2.45) is 0 Å². The maximum atomic E-state index is 6.16. The summed E-state index contributed by atoms with van der Waals surface area (Å²) in [6.07, 6.45) is 0. The van der Waals surface area contributed by atoms with Gasteiger partial charge in [-0.1, -0.05) is 51.1 Å². The minimum atomic E-state index is 0.451. The number of nitrogens with two attached hydrogens (primary N) is 1. The zero-order valence-corrected chi connectivity index (χ0v) is 14.6. The van der Waals surface area contributed by atoms with E-state index in [2.05, 4.69) is 19.8 Å². The van der Waals surface area contributed by atoms with Gasteiger partial charge in [0.15, 0.2) is 5.82 Å². The van der Waals surface area contributed by atoms with Crippen molar-refractivity contribution in [1.82, 2.24) is 24.5 Å². The SMILES string of the molecule is Nn1c(SCc2nnsc2Cl)nnc1-c1ccc(Cl)cc1Cl. The fourth-order valence-corrected chi connectivity index (χ4v) is 3.73. The van der Waals surface area contributed by atoms with E-state index in [-0.39, 0.29) is 0 Å². The van der Waals surface area contributed by atoms with Crippen LogP contribution in [0.3, 0.4) is 0 Å². The minimum Gasteiger partial charge on any atom is -0.335 e. The van der Waals surface area contributed by atoms with Gasteiger partial charge in [0.05, 0.1) is 5.02 Å². The van der Waals surface area contributed by atoms with E-state index < -0.39 is 0 Å². The van der Waals surface area contributed by atoms with Crippen LogP contribution < -0.4 is 5.84 Å². The molecule has 0 saturated carbocycles. The number of aromatic nitrogens is 5. The molecule has 0 aliphatic carbocycles. The maximum Gasteiger partial charge on any atom is 0.210 e. The van der Waals surface area contributed by atoms with Gasteiger partial charge in [-0.25, -0.2) is 4.68 Å². The zero-order valence-electron chi connectivity index (χ0n) is 10.7. The van der Waals surface area contributed by atoms with Crippen LogP contribution >= 0.6 is 58.1 Å². The molecule has 11 heteroatoms. The molecule has 2 heterocycles. The minimum absolute atomic E-state index is 0.451. The van der Waals surface area contributed by atoms with Crippen molar-refractivity contribution in [3.8, 4) is 11.4 Å². The van der Waals surface area contributed by atoms with E-state index in [0.717, 1.165) is 11.5 Å². The van der Waals surface area contributed by atoms with Crippen LogP contribution in [0, 0.1) is 0 Å². The second-order valence-electron chi connectivity index (χ2n) is 4.08. The molecule has 0 radical (unpaired) electrons. The zero-order chi connectivity index (χ0) is 15.7. The van der Waals surface area contributed by atoms with Crippen molar-refractivity contribution in [1.29, 1.82) is 0 Å². The molecule has 0 fully saturated rings. The van der Waals surface area contributed by atoms with E-state index in [4.69, 9.17) is 40.6 Å². The molecule has 2 N–H and O–H groups in total. The van der Waals surface area contributed by atoms with Gasteiger partial charge < -0.3 is 5.84 Å². The lowest BCUT2D eigenvalue weighted by Crippen LogP contribution is -2.11. The molecule has 0 amide bonds. The largest absolute Gasteiger partial charge is 0.335 e. The molecule has 0 unspecified atom stereocenters. The first-order valence-corrected chi connectivity index (χ1v) is 8.71. The normalized spacial score (nSPS) is 11.0. The number of hydrogen-bond donors (Lipinski definition) is 1. The van der Waals surface area contributed by atoms with Crippen LogP contribution in [0.1, 0.15) is 5.69 Å². The Bertz CT molecular complexity index is 818. The first-order valence-electron chi connectivity index (χ1n) is 5.81. The highest BCUT2D eigenvalue weighted by Crippen LogP contribution is 2.31. The molecule has 0 spiro atoms. The number of thioether (sulfide) groups is 1. The fraction of sp³-hybridized carbons (Fsp3) is 0.0909. The predicted molar refractivity (Wildman–Crippen MR) is 90.1 cm³/mol. The van der Waals surface area contributed by atoms with Crippen LogP contribution in [0.5, 0.6) is 0 Å². The summed E-state index contributed by atoms with van der Waals surface area (Å²) in [7, 11) is 0. The Hall–Kier alpha value is -1.06. The standard InChI is InChI=1S/C11H7Cl3N6S2/c12-5-1-2-6(7(13)3-5)10-17-18-11(20(10)15)21-4-8-9(14)22-19-16-8/h1-3H,4,15H2. The van der Waals surface area contributed by atoms with Gasteiger partial charge in [0.25, 0.3) is 0 Å². The lowest BCUT2D eigenvalue weighted by Gasteiger charge is -2.05. The number of hydrogen-bond acceptors (Lipinski definition) is 7. The van der Waals surface area contributed by atoms with Crippen molar-refractivity contribution >= 4 is 58.1 Å². The average molecular weight is 394 g/mol. The van der Waals surface area contributed by atoms with E-state index in [1.807, 2.05) is 0 Å². The lowest BCUT2D eigenvalue weighted by molar-refractivity contribution is 0.849. The predicted octanol–water partition coefficient (Wildman–Crippen LogP) is 3.76. The van der Waals surface area contributed by atoms with Gasteiger partial charge >= 0.3 is 0 Å². The monoisotopic (exact) mass is 392 g/mol. The third-order valence-electron chi connectivity index (χ3n) is 2.68. The van der Waals surface area contributed by atoms with E-state index in [9.17, 15) is 0 Å². The second-order valence-corrected chi connectivity index (χ2v) is 7.22. The van der Waals surface area contributed by atoms with Crippen LogP contribution in [0.2, 0.25) is 14.4 Å². The average Bonchev–Trinajstić information content (AvgIpc) is 3.04. The van der Waals surface area contributed by atoms with Gasteiger partial charge in [0.2, 0.25) is 5.16 Å². The number of benzene rings is 1. The molecule has 3 aromatic rings. The molecule has 114 valence electrons. The fourth-order valence-electron chi connectivity index (χ4n) is 1.65. The Labute approximate surface area is 148 Å². The number of nitrogens with zero attached hydrogens (tertiary/aromatic N) is 5. The Morgan fingerprint density at radius 3 is 2.68 bits per heavy atom. The molecule has 22 heavy (non-hydrogen) atoms. The highest BCUT2D eigenvalue weighted by molar-refractivity contribution is 7.98.